The van der Waals surface area contributed by atoms with Crippen LogP contribution in [0.25, 0.3) is 46.1 Å². The zero-order valence-corrected chi connectivity index (χ0v) is 24.3. The molecular weight excluding hydrogens is 592 g/mol. The Balaban J connectivity index is 0.000000187. The first-order valence-corrected chi connectivity index (χ1v) is 13.3. The topological polar surface area (TPSA) is 265 Å². The summed E-state index contributed by atoms with van der Waals surface area (Å²) in [6.07, 6.45) is 6.29. The number of hydrogen-bond acceptors (Lipinski definition) is 16. The maximum atomic E-state index is 11.3. The molecule has 0 atom stereocenters. The summed E-state index contributed by atoms with van der Waals surface area (Å²) in [5, 5.41) is 37.3. The van der Waals surface area contributed by atoms with Gasteiger partial charge in [0.05, 0.1) is 22.7 Å². The highest BCUT2D eigenvalue weighted by Gasteiger charge is 2.16. The molecule has 6 N–H and O–H groups in total. The van der Waals surface area contributed by atoms with E-state index in [2.05, 4.69) is 71.4 Å². The number of amides is 2. The third-order valence-corrected chi connectivity index (χ3v) is 5.72. The number of aromatic nitrogens is 12. The molecule has 0 aromatic carbocycles. The van der Waals surface area contributed by atoms with Crippen LogP contribution in [0.5, 0.6) is 0 Å². The molecule has 6 aromatic rings. The second kappa shape index (κ2) is 14.0. The van der Waals surface area contributed by atoms with E-state index in [4.69, 9.17) is 11.5 Å². The molecule has 6 rings (SSSR count). The zero-order chi connectivity index (χ0) is 32.5. The fraction of sp³-hybridized carbons (Fsp3) is 0.0714. The lowest BCUT2D eigenvalue weighted by atomic mass is 10.2. The van der Waals surface area contributed by atoms with Crippen LogP contribution in [0.3, 0.4) is 0 Å². The molecule has 0 aliphatic rings. The minimum atomic E-state index is -0.245. The lowest BCUT2D eigenvalue weighted by Crippen LogP contribution is -2.10. The number of nitrogens with one attached hydrogen (secondary N) is 2. The first kappa shape index (κ1) is 30.5. The lowest BCUT2D eigenvalue weighted by molar-refractivity contribution is -0.115. The van der Waals surface area contributed by atoms with Crippen LogP contribution in [0.4, 0.5) is 22.7 Å². The molecule has 0 saturated carbocycles. The van der Waals surface area contributed by atoms with Gasteiger partial charge in [0.25, 0.3) is 0 Å². The van der Waals surface area contributed by atoms with Gasteiger partial charge in [0.15, 0.2) is 0 Å². The van der Waals surface area contributed by atoms with E-state index in [1.165, 1.54) is 13.8 Å². The highest BCUT2D eigenvalue weighted by molar-refractivity contribution is 5.93. The molecule has 0 aliphatic carbocycles. The number of nitrogens with two attached hydrogens (primary N) is 2. The first-order chi connectivity index (χ1) is 22.3. The van der Waals surface area contributed by atoms with Gasteiger partial charge < -0.3 is 22.1 Å². The van der Waals surface area contributed by atoms with Crippen molar-refractivity contribution in [2.75, 3.05) is 22.1 Å². The number of nitrogen functional groups attached to an aromatic ring is 2. The van der Waals surface area contributed by atoms with E-state index in [1.807, 2.05) is 0 Å². The van der Waals surface area contributed by atoms with Gasteiger partial charge in [-0.15, -0.1) is 40.8 Å². The monoisotopic (exact) mass is 616 g/mol. The molecule has 6 aromatic heterocycles. The number of rotatable bonds is 6. The van der Waals surface area contributed by atoms with Crippen molar-refractivity contribution in [1.29, 1.82) is 0 Å². The molecule has 0 saturated heterocycles. The maximum Gasteiger partial charge on any atom is 0.224 e. The molecule has 0 fully saturated rings. The van der Waals surface area contributed by atoms with Crippen LogP contribution in [0, 0.1) is 0 Å². The molecule has 6 heterocycles. The molecule has 0 bridgehead atoms. The number of hydrogen-bond donors (Lipinski definition) is 4. The Bertz CT molecular complexity index is 1840. The van der Waals surface area contributed by atoms with Crippen LogP contribution in [-0.4, -0.2) is 72.5 Å². The van der Waals surface area contributed by atoms with Crippen LogP contribution < -0.4 is 22.1 Å². The Morgan fingerprint density at radius 2 is 0.761 bits per heavy atom. The summed E-state index contributed by atoms with van der Waals surface area (Å²) in [6.45, 7) is 2.78. The SMILES string of the molecule is CC(=O)Nc1cccnc1-c1nnc(-c2ncccc2NC(C)=O)nn1.Nc1cccnc1-c1nnc(-c2ncccc2N)nn1. The average Bonchev–Trinajstić information content (AvgIpc) is 3.06. The standard InChI is InChI=1S/C16H14N8O2.C12H10N8/c1-9(25)19-11-5-3-7-17-13(11)15-21-23-16(24-22-15)14-12(20-10(2)26)6-4-8-18-14;13-7-3-1-5-15-9(7)11-17-19-12(20-18-11)10-8(14)4-2-6-16-10/h3-8H,1-2H3,(H,19,25)(H,20,26);1-6H,13-14H2. The molecule has 18 nitrogen and oxygen atoms in total. The summed E-state index contributed by atoms with van der Waals surface area (Å²) in [7, 11) is 0. The number of pyridine rings is 4. The maximum absolute atomic E-state index is 11.3. The second-order valence-corrected chi connectivity index (χ2v) is 9.14. The first-order valence-electron chi connectivity index (χ1n) is 13.3. The van der Waals surface area contributed by atoms with E-state index in [0.717, 1.165) is 0 Å². The predicted molar refractivity (Wildman–Crippen MR) is 166 cm³/mol. The van der Waals surface area contributed by atoms with E-state index in [0.29, 0.717) is 45.5 Å². The van der Waals surface area contributed by atoms with Gasteiger partial charge in [0.1, 0.15) is 22.8 Å². The third-order valence-electron chi connectivity index (χ3n) is 5.72. The Hall–Kier alpha value is -6.98. The van der Waals surface area contributed by atoms with Gasteiger partial charge in [-0.25, -0.2) is 0 Å². The molecule has 0 radical (unpaired) electrons. The van der Waals surface area contributed by atoms with Gasteiger partial charge in [-0.05, 0) is 48.5 Å². The Labute approximate surface area is 260 Å². The normalized spacial score (nSPS) is 10.3. The van der Waals surface area contributed by atoms with Crippen LogP contribution in [-0.2, 0) is 9.59 Å². The third kappa shape index (κ3) is 7.32. The van der Waals surface area contributed by atoms with Gasteiger partial charge in [0, 0.05) is 38.6 Å². The van der Waals surface area contributed by atoms with Crippen molar-refractivity contribution in [3.05, 3.63) is 73.3 Å². The zero-order valence-electron chi connectivity index (χ0n) is 24.3. The van der Waals surface area contributed by atoms with Gasteiger partial charge in [0.2, 0.25) is 35.1 Å². The quantitative estimate of drug-likeness (QED) is 0.208. The largest absolute Gasteiger partial charge is 0.397 e. The highest BCUT2D eigenvalue weighted by atomic mass is 16.2. The van der Waals surface area contributed by atoms with E-state index < -0.39 is 0 Å². The fourth-order valence-electron chi connectivity index (χ4n) is 3.79. The van der Waals surface area contributed by atoms with Crippen molar-refractivity contribution < 1.29 is 9.59 Å². The number of anilines is 4. The summed E-state index contributed by atoms with van der Waals surface area (Å²) < 4.78 is 0. The van der Waals surface area contributed by atoms with Crippen molar-refractivity contribution in [3.8, 4) is 46.1 Å². The van der Waals surface area contributed by atoms with E-state index in [1.54, 1.807) is 73.3 Å². The summed E-state index contributed by atoms with van der Waals surface area (Å²) in [5.74, 6) is 0.309. The van der Waals surface area contributed by atoms with Crippen molar-refractivity contribution in [2.45, 2.75) is 13.8 Å². The van der Waals surface area contributed by atoms with Crippen molar-refractivity contribution in [1.82, 2.24) is 60.7 Å². The Kier molecular flexibility index (Phi) is 9.27. The summed E-state index contributed by atoms with van der Waals surface area (Å²) in [4.78, 5) is 39.1. The molecule has 46 heavy (non-hydrogen) atoms. The van der Waals surface area contributed by atoms with Crippen LogP contribution in [0.1, 0.15) is 13.8 Å². The minimum Gasteiger partial charge on any atom is -0.397 e. The van der Waals surface area contributed by atoms with E-state index in [9.17, 15) is 9.59 Å². The number of carbonyl (C=O) groups excluding carboxylic acids is 2. The van der Waals surface area contributed by atoms with Crippen LogP contribution in [0.2, 0.25) is 0 Å². The van der Waals surface area contributed by atoms with Gasteiger partial charge >= 0.3 is 0 Å². The summed E-state index contributed by atoms with van der Waals surface area (Å²) >= 11 is 0. The molecule has 2 amide bonds. The smallest absolute Gasteiger partial charge is 0.224 e. The van der Waals surface area contributed by atoms with Crippen molar-refractivity contribution in [3.63, 3.8) is 0 Å². The van der Waals surface area contributed by atoms with Crippen molar-refractivity contribution >= 4 is 34.6 Å². The van der Waals surface area contributed by atoms with Gasteiger partial charge in [-0.2, -0.15) is 0 Å². The Morgan fingerprint density at radius 1 is 0.478 bits per heavy atom. The molecule has 0 aliphatic heterocycles. The van der Waals surface area contributed by atoms with Gasteiger partial charge in [-0.1, -0.05) is 0 Å². The van der Waals surface area contributed by atoms with Crippen LogP contribution >= 0.6 is 0 Å². The molecular formula is C28H24N16O2. The summed E-state index contributed by atoms with van der Waals surface area (Å²) in [6, 6.07) is 13.6. The Morgan fingerprint density at radius 3 is 1.07 bits per heavy atom. The number of nitrogens with zero attached hydrogens (tertiary/aromatic N) is 12. The minimum absolute atomic E-state index is 0.148. The molecule has 0 spiro atoms. The second-order valence-electron chi connectivity index (χ2n) is 9.14. The summed E-state index contributed by atoms with van der Waals surface area (Å²) in [5.41, 5.74) is 15.0. The predicted octanol–water partition coefficient (Wildman–Crippen LogP) is 1.86. The fourth-order valence-corrected chi connectivity index (χ4v) is 3.79. The molecule has 18 heteroatoms. The van der Waals surface area contributed by atoms with E-state index >= 15 is 0 Å². The lowest BCUT2D eigenvalue weighted by Gasteiger charge is -2.08. The van der Waals surface area contributed by atoms with E-state index in [-0.39, 0.29) is 35.1 Å². The molecule has 228 valence electrons. The van der Waals surface area contributed by atoms with Gasteiger partial charge in [-0.3, -0.25) is 29.5 Å². The molecule has 0 unspecified atom stereocenters. The van der Waals surface area contributed by atoms with Crippen molar-refractivity contribution in [2.24, 2.45) is 0 Å². The average molecular weight is 617 g/mol. The number of carbonyl (C=O) groups is 2. The highest BCUT2D eigenvalue weighted by Crippen LogP contribution is 2.24. The van der Waals surface area contributed by atoms with Crippen LogP contribution in [0.15, 0.2) is 73.3 Å².